The molecule has 122 valence electrons. The van der Waals surface area contributed by atoms with E-state index in [2.05, 4.69) is 0 Å². The molecule has 1 aromatic carbocycles. The standard InChI is InChI=1S/C16H20F3NO2/c1-2-22-15(21)6-9-3-4-14(20)11(5-9)10-7-12(17)16(19)13(18)8-10/h7-9,11,14H,2-6,20H2,1H3. The number of benzene rings is 1. The Labute approximate surface area is 127 Å². The van der Waals surface area contributed by atoms with Gasteiger partial charge in [-0.25, -0.2) is 13.2 Å². The van der Waals surface area contributed by atoms with Gasteiger partial charge in [-0.05, 0) is 55.7 Å². The second-order valence-corrected chi connectivity index (χ2v) is 5.76. The fourth-order valence-corrected chi connectivity index (χ4v) is 3.09. The van der Waals surface area contributed by atoms with Gasteiger partial charge in [0.05, 0.1) is 6.61 Å². The number of halogens is 3. The number of nitrogens with two attached hydrogens (primary N) is 1. The van der Waals surface area contributed by atoms with Crippen LogP contribution >= 0.6 is 0 Å². The molecular weight excluding hydrogens is 295 g/mol. The molecule has 0 saturated heterocycles. The van der Waals surface area contributed by atoms with Crippen molar-refractivity contribution in [2.45, 2.75) is 44.6 Å². The van der Waals surface area contributed by atoms with Crippen LogP contribution in [0, 0.1) is 23.4 Å². The molecule has 6 heteroatoms. The second kappa shape index (κ2) is 7.13. The van der Waals surface area contributed by atoms with Crippen molar-refractivity contribution in [3.8, 4) is 0 Å². The van der Waals surface area contributed by atoms with Gasteiger partial charge >= 0.3 is 5.97 Å². The summed E-state index contributed by atoms with van der Waals surface area (Å²) in [6.45, 7) is 2.06. The second-order valence-electron chi connectivity index (χ2n) is 5.76. The largest absolute Gasteiger partial charge is 0.466 e. The van der Waals surface area contributed by atoms with Crippen LogP contribution in [0.3, 0.4) is 0 Å². The molecule has 2 N–H and O–H groups in total. The minimum Gasteiger partial charge on any atom is -0.466 e. The zero-order chi connectivity index (χ0) is 16.3. The third kappa shape index (κ3) is 3.80. The van der Waals surface area contributed by atoms with E-state index in [0.29, 0.717) is 25.0 Å². The van der Waals surface area contributed by atoms with Crippen LogP contribution in [0.1, 0.15) is 44.1 Å². The van der Waals surface area contributed by atoms with Gasteiger partial charge in [-0.15, -0.1) is 0 Å². The smallest absolute Gasteiger partial charge is 0.306 e. The normalized spacial score (nSPS) is 25.0. The van der Waals surface area contributed by atoms with Crippen molar-refractivity contribution < 1.29 is 22.7 Å². The third-order valence-corrected chi connectivity index (χ3v) is 4.21. The van der Waals surface area contributed by atoms with Crippen molar-refractivity contribution in [3.63, 3.8) is 0 Å². The minimum absolute atomic E-state index is 0.0556. The molecule has 3 atom stereocenters. The number of hydrogen-bond acceptors (Lipinski definition) is 3. The van der Waals surface area contributed by atoms with Crippen LogP contribution in [0.4, 0.5) is 13.2 Å². The SMILES string of the molecule is CCOC(=O)CC1CCC(N)C(c2cc(F)c(F)c(F)c2)C1. The van der Waals surface area contributed by atoms with E-state index < -0.39 is 17.5 Å². The van der Waals surface area contributed by atoms with Crippen molar-refractivity contribution in [3.05, 3.63) is 35.1 Å². The van der Waals surface area contributed by atoms with Crippen LogP contribution in [-0.2, 0) is 9.53 Å². The lowest BCUT2D eigenvalue weighted by Crippen LogP contribution is -2.35. The summed E-state index contributed by atoms with van der Waals surface area (Å²) in [7, 11) is 0. The molecule has 0 aromatic heterocycles. The first-order chi connectivity index (χ1) is 10.4. The Morgan fingerprint density at radius 1 is 1.27 bits per heavy atom. The highest BCUT2D eigenvalue weighted by Crippen LogP contribution is 2.38. The molecule has 0 radical (unpaired) electrons. The van der Waals surface area contributed by atoms with Crippen LogP contribution in [0.5, 0.6) is 0 Å². The van der Waals surface area contributed by atoms with Gasteiger partial charge in [-0.1, -0.05) is 0 Å². The highest BCUT2D eigenvalue weighted by molar-refractivity contribution is 5.69. The topological polar surface area (TPSA) is 52.3 Å². The number of esters is 1. The molecule has 3 unspecified atom stereocenters. The van der Waals surface area contributed by atoms with E-state index in [4.69, 9.17) is 10.5 Å². The Kier molecular flexibility index (Phi) is 5.45. The molecule has 1 aromatic rings. The van der Waals surface area contributed by atoms with E-state index in [1.165, 1.54) is 0 Å². The van der Waals surface area contributed by atoms with Gasteiger partial charge in [0.25, 0.3) is 0 Å². The van der Waals surface area contributed by atoms with E-state index in [1.807, 2.05) is 0 Å². The van der Waals surface area contributed by atoms with E-state index in [0.717, 1.165) is 18.6 Å². The fraction of sp³-hybridized carbons (Fsp3) is 0.562. The Balaban J connectivity index is 2.13. The summed E-state index contributed by atoms with van der Waals surface area (Å²) in [5.41, 5.74) is 6.39. The van der Waals surface area contributed by atoms with Gasteiger partial charge < -0.3 is 10.5 Å². The highest BCUT2D eigenvalue weighted by atomic mass is 19.2. The van der Waals surface area contributed by atoms with Crippen molar-refractivity contribution >= 4 is 5.97 Å². The van der Waals surface area contributed by atoms with E-state index >= 15 is 0 Å². The Morgan fingerprint density at radius 3 is 2.50 bits per heavy atom. The van der Waals surface area contributed by atoms with Gasteiger partial charge in [-0.2, -0.15) is 0 Å². The number of hydrogen-bond donors (Lipinski definition) is 1. The quantitative estimate of drug-likeness (QED) is 0.685. The summed E-state index contributed by atoms with van der Waals surface area (Å²) in [6.07, 6.45) is 2.21. The van der Waals surface area contributed by atoms with Crippen LogP contribution < -0.4 is 5.73 Å². The number of carbonyl (C=O) groups is 1. The lowest BCUT2D eigenvalue weighted by Gasteiger charge is -2.34. The lowest BCUT2D eigenvalue weighted by molar-refractivity contribution is -0.144. The molecule has 0 bridgehead atoms. The van der Waals surface area contributed by atoms with Gasteiger partial charge in [0, 0.05) is 12.5 Å². The maximum atomic E-state index is 13.4. The van der Waals surface area contributed by atoms with E-state index in [9.17, 15) is 18.0 Å². The van der Waals surface area contributed by atoms with E-state index in [-0.39, 0.29) is 30.3 Å². The molecule has 0 amide bonds. The van der Waals surface area contributed by atoms with E-state index in [1.54, 1.807) is 6.92 Å². The summed E-state index contributed by atoms with van der Waals surface area (Å²) in [6, 6.07) is 1.73. The van der Waals surface area contributed by atoms with Crippen LogP contribution in [-0.4, -0.2) is 18.6 Å². The predicted molar refractivity (Wildman–Crippen MR) is 75.6 cm³/mol. The zero-order valence-electron chi connectivity index (χ0n) is 12.5. The molecule has 1 saturated carbocycles. The van der Waals surface area contributed by atoms with Crippen LogP contribution in [0.2, 0.25) is 0 Å². The molecule has 0 heterocycles. The molecule has 3 nitrogen and oxygen atoms in total. The van der Waals surface area contributed by atoms with Crippen molar-refractivity contribution in [2.24, 2.45) is 11.7 Å². The number of ether oxygens (including phenoxy) is 1. The van der Waals surface area contributed by atoms with Crippen molar-refractivity contribution in [2.75, 3.05) is 6.61 Å². The zero-order valence-corrected chi connectivity index (χ0v) is 12.5. The molecule has 1 aliphatic rings. The molecular formula is C16H20F3NO2. The molecule has 1 aliphatic carbocycles. The van der Waals surface area contributed by atoms with Crippen LogP contribution in [0.25, 0.3) is 0 Å². The minimum atomic E-state index is -1.48. The number of carbonyl (C=O) groups excluding carboxylic acids is 1. The Hall–Kier alpha value is -1.56. The maximum absolute atomic E-state index is 13.4. The first-order valence-electron chi connectivity index (χ1n) is 7.48. The monoisotopic (exact) mass is 315 g/mol. The average molecular weight is 315 g/mol. The lowest BCUT2D eigenvalue weighted by atomic mass is 9.74. The average Bonchev–Trinajstić information content (AvgIpc) is 2.46. The first kappa shape index (κ1) is 16.8. The van der Waals surface area contributed by atoms with Gasteiger partial charge in [0.15, 0.2) is 17.5 Å². The maximum Gasteiger partial charge on any atom is 0.306 e. The summed E-state index contributed by atoms with van der Waals surface area (Å²) in [4.78, 5) is 11.6. The molecule has 1 fully saturated rings. The van der Waals surface area contributed by atoms with Gasteiger partial charge in [0.1, 0.15) is 0 Å². The first-order valence-corrected chi connectivity index (χ1v) is 7.48. The highest BCUT2D eigenvalue weighted by Gasteiger charge is 2.31. The predicted octanol–water partition coefficient (Wildman–Crippen LogP) is 3.27. The van der Waals surface area contributed by atoms with Crippen molar-refractivity contribution in [1.29, 1.82) is 0 Å². The molecule has 0 aliphatic heterocycles. The molecule has 0 spiro atoms. The summed E-state index contributed by atoms with van der Waals surface area (Å²) < 4.78 is 44.8. The third-order valence-electron chi connectivity index (χ3n) is 4.21. The Bertz CT molecular complexity index is 527. The van der Waals surface area contributed by atoms with Gasteiger partial charge in [0.2, 0.25) is 0 Å². The van der Waals surface area contributed by atoms with Crippen molar-refractivity contribution in [1.82, 2.24) is 0 Å². The summed E-state index contributed by atoms with van der Waals surface area (Å²) >= 11 is 0. The van der Waals surface area contributed by atoms with Crippen LogP contribution in [0.15, 0.2) is 12.1 Å². The fourth-order valence-electron chi connectivity index (χ4n) is 3.09. The summed E-state index contributed by atoms with van der Waals surface area (Å²) in [5.74, 6) is -4.42. The summed E-state index contributed by atoms with van der Waals surface area (Å²) in [5, 5.41) is 0. The molecule has 22 heavy (non-hydrogen) atoms. The van der Waals surface area contributed by atoms with Gasteiger partial charge in [-0.3, -0.25) is 4.79 Å². The number of rotatable bonds is 4. The molecule has 2 rings (SSSR count). The Morgan fingerprint density at radius 2 is 1.91 bits per heavy atom.